The molecular formula is C16H21N3OS. The molecule has 1 unspecified atom stereocenters. The van der Waals surface area contributed by atoms with E-state index in [0.29, 0.717) is 11.0 Å². The molecule has 2 N–H and O–H groups in total. The molecule has 0 saturated carbocycles. The summed E-state index contributed by atoms with van der Waals surface area (Å²) < 4.78 is 0. The fourth-order valence-corrected chi connectivity index (χ4v) is 3.49. The van der Waals surface area contributed by atoms with Crippen molar-refractivity contribution in [3.63, 3.8) is 0 Å². The molecular weight excluding hydrogens is 282 g/mol. The van der Waals surface area contributed by atoms with Gasteiger partial charge in [0, 0.05) is 36.8 Å². The minimum Gasteiger partial charge on any atom is -0.389 e. The number of benzene rings is 1. The van der Waals surface area contributed by atoms with Crippen LogP contribution in [-0.4, -0.2) is 52.9 Å². The molecule has 1 aromatic carbocycles. The second kappa shape index (κ2) is 6.12. The third-order valence-electron chi connectivity index (χ3n) is 4.51. The van der Waals surface area contributed by atoms with Gasteiger partial charge in [0.2, 0.25) is 0 Å². The number of nitrogens with two attached hydrogens (primary N) is 1. The van der Waals surface area contributed by atoms with Crippen molar-refractivity contribution in [1.29, 1.82) is 0 Å². The van der Waals surface area contributed by atoms with E-state index in [2.05, 4.69) is 4.90 Å². The number of hydrogen-bond donors (Lipinski definition) is 1. The van der Waals surface area contributed by atoms with Gasteiger partial charge in [-0.3, -0.25) is 9.69 Å². The first-order chi connectivity index (χ1) is 10.1. The molecule has 0 aromatic heterocycles. The molecule has 4 nitrogen and oxygen atoms in total. The van der Waals surface area contributed by atoms with Crippen LogP contribution >= 0.6 is 12.2 Å². The summed E-state index contributed by atoms with van der Waals surface area (Å²) in [7, 11) is 0. The average Bonchev–Trinajstić information content (AvgIpc) is 2.83. The topological polar surface area (TPSA) is 49.6 Å². The SMILES string of the molecule is NC(=S)c1ccc(C(=O)N2CCCN3CCCC3C2)cc1. The zero-order valence-corrected chi connectivity index (χ0v) is 12.9. The summed E-state index contributed by atoms with van der Waals surface area (Å²) in [4.78, 5) is 17.6. The van der Waals surface area contributed by atoms with Crippen LogP contribution in [0.25, 0.3) is 0 Å². The Hall–Kier alpha value is -1.46. The van der Waals surface area contributed by atoms with Crippen LogP contribution in [0.4, 0.5) is 0 Å². The van der Waals surface area contributed by atoms with Gasteiger partial charge in [-0.1, -0.05) is 24.4 Å². The number of thiocarbonyl (C=S) groups is 1. The van der Waals surface area contributed by atoms with Crippen molar-refractivity contribution in [3.05, 3.63) is 35.4 Å². The highest BCUT2D eigenvalue weighted by atomic mass is 32.1. The zero-order valence-electron chi connectivity index (χ0n) is 12.1. The van der Waals surface area contributed by atoms with Crippen LogP contribution in [0.5, 0.6) is 0 Å². The van der Waals surface area contributed by atoms with E-state index in [1.165, 1.54) is 19.4 Å². The van der Waals surface area contributed by atoms with Gasteiger partial charge in [-0.15, -0.1) is 0 Å². The first-order valence-electron chi connectivity index (χ1n) is 7.58. The van der Waals surface area contributed by atoms with Crippen LogP contribution in [0.15, 0.2) is 24.3 Å². The van der Waals surface area contributed by atoms with Crippen LogP contribution in [-0.2, 0) is 0 Å². The van der Waals surface area contributed by atoms with E-state index in [0.717, 1.165) is 37.2 Å². The van der Waals surface area contributed by atoms with Gasteiger partial charge >= 0.3 is 0 Å². The molecule has 1 aromatic rings. The molecule has 1 atom stereocenters. The highest BCUT2D eigenvalue weighted by molar-refractivity contribution is 7.80. The lowest BCUT2D eigenvalue weighted by Gasteiger charge is -2.25. The summed E-state index contributed by atoms with van der Waals surface area (Å²) in [5.41, 5.74) is 7.12. The van der Waals surface area contributed by atoms with E-state index in [-0.39, 0.29) is 5.91 Å². The first-order valence-corrected chi connectivity index (χ1v) is 7.99. The number of rotatable bonds is 2. The van der Waals surface area contributed by atoms with Gasteiger partial charge in [-0.25, -0.2) is 0 Å². The predicted octanol–water partition coefficient (Wildman–Crippen LogP) is 1.63. The number of fused-ring (bicyclic) bond motifs is 1. The maximum atomic E-state index is 12.7. The van der Waals surface area contributed by atoms with E-state index >= 15 is 0 Å². The molecule has 2 aliphatic rings. The van der Waals surface area contributed by atoms with Crippen LogP contribution < -0.4 is 5.73 Å². The largest absolute Gasteiger partial charge is 0.389 e. The molecule has 0 radical (unpaired) electrons. The van der Waals surface area contributed by atoms with E-state index in [1.807, 2.05) is 29.2 Å². The monoisotopic (exact) mass is 303 g/mol. The second-order valence-corrected chi connectivity index (χ2v) is 6.32. The first kappa shape index (κ1) is 14.5. The lowest BCUT2D eigenvalue weighted by Crippen LogP contribution is -2.39. The highest BCUT2D eigenvalue weighted by Crippen LogP contribution is 2.22. The van der Waals surface area contributed by atoms with Crippen molar-refractivity contribution in [2.24, 2.45) is 5.73 Å². The maximum Gasteiger partial charge on any atom is 0.253 e. The molecule has 3 rings (SSSR count). The van der Waals surface area contributed by atoms with Gasteiger partial charge in [0.25, 0.3) is 5.91 Å². The van der Waals surface area contributed by atoms with E-state index in [4.69, 9.17) is 18.0 Å². The van der Waals surface area contributed by atoms with Crippen molar-refractivity contribution in [2.45, 2.75) is 25.3 Å². The fraction of sp³-hybridized carbons (Fsp3) is 0.500. The highest BCUT2D eigenvalue weighted by Gasteiger charge is 2.30. The molecule has 21 heavy (non-hydrogen) atoms. The maximum absolute atomic E-state index is 12.7. The normalized spacial score (nSPS) is 22.7. The summed E-state index contributed by atoms with van der Waals surface area (Å²) in [5.74, 6) is 0.123. The number of hydrogen-bond acceptors (Lipinski definition) is 3. The number of amides is 1. The van der Waals surface area contributed by atoms with Crippen molar-refractivity contribution in [2.75, 3.05) is 26.2 Å². The summed E-state index contributed by atoms with van der Waals surface area (Å²) in [6.07, 6.45) is 3.53. The molecule has 1 amide bonds. The lowest BCUT2D eigenvalue weighted by molar-refractivity contribution is 0.0743. The predicted molar refractivity (Wildman–Crippen MR) is 87.4 cm³/mol. The van der Waals surface area contributed by atoms with Gasteiger partial charge in [-0.05, 0) is 37.9 Å². The van der Waals surface area contributed by atoms with Gasteiger partial charge < -0.3 is 10.6 Å². The van der Waals surface area contributed by atoms with E-state index in [9.17, 15) is 4.79 Å². The summed E-state index contributed by atoms with van der Waals surface area (Å²) in [5, 5.41) is 0. The standard InChI is InChI=1S/C16H21N3OS/c17-15(21)12-4-6-13(7-5-12)16(20)19-10-2-9-18-8-1-3-14(18)11-19/h4-7,14H,1-3,8-11H2,(H2,17,21). The van der Waals surface area contributed by atoms with Gasteiger partial charge in [-0.2, -0.15) is 0 Å². The molecule has 2 saturated heterocycles. The van der Waals surface area contributed by atoms with E-state index in [1.54, 1.807) is 0 Å². The summed E-state index contributed by atoms with van der Waals surface area (Å²) in [6.45, 7) is 4.02. The Kier molecular flexibility index (Phi) is 4.22. The minimum absolute atomic E-state index is 0.123. The third kappa shape index (κ3) is 3.09. The smallest absolute Gasteiger partial charge is 0.253 e. The third-order valence-corrected chi connectivity index (χ3v) is 4.74. The van der Waals surface area contributed by atoms with Crippen molar-refractivity contribution < 1.29 is 4.79 Å². The number of nitrogens with zero attached hydrogens (tertiary/aromatic N) is 2. The Bertz CT molecular complexity index is 543. The molecule has 2 heterocycles. The Balaban J connectivity index is 1.73. The molecule has 2 fully saturated rings. The van der Waals surface area contributed by atoms with Gasteiger partial charge in [0.1, 0.15) is 4.99 Å². The fourth-order valence-electron chi connectivity index (χ4n) is 3.35. The van der Waals surface area contributed by atoms with Crippen LogP contribution in [0, 0.1) is 0 Å². The van der Waals surface area contributed by atoms with Crippen LogP contribution in [0.2, 0.25) is 0 Å². The molecule has 0 bridgehead atoms. The Morgan fingerprint density at radius 2 is 1.76 bits per heavy atom. The lowest BCUT2D eigenvalue weighted by atomic mass is 10.1. The Morgan fingerprint density at radius 3 is 2.48 bits per heavy atom. The summed E-state index contributed by atoms with van der Waals surface area (Å²) >= 11 is 4.94. The number of carbonyl (C=O) groups excluding carboxylic acids is 1. The Morgan fingerprint density at radius 1 is 1.10 bits per heavy atom. The van der Waals surface area contributed by atoms with Crippen molar-refractivity contribution >= 4 is 23.1 Å². The second-order valence-electron chi connectivity index (χ2n) is 5.88. The molecule has 0 spiro atoms. The quantitative estimate of drug-likeness (QED) is 0.844. The van der Waals surface area contributed by atoms with Crippen molar-refractivity contribution in [3.8, 4) is 0 Å². The van der Waals surface area contributed by atoms with Gasteiger partial charge in [0.15, 0.2) is 0 Å². The number of carbonyl (C=O) groups is 1. The zero-order chi connectivity index (χ0) is 14.8. The van der Waals surface area contributed by atoms with Crippen molar-refractivity contribution in [1.82, 2.24) is 9.80 Å². The molecule has 5 heteroatoms. The van der Waals surface area contributed by atoms with Crippen LogP contribution in [0.1, 0.15) is 35.2 Å². The van der Waals surface area contributed by atoms with Gasteiger partial charge in [0.05, 0.1) is 0 Å². The minimum atomic E-state index is 0.123. The average molecular weight is 303 g/mol. The molecule has 0 aliphatic carbocycles. The van der Waals surface area contributed by atoms with E-state index < -0.39 is 0 Å². The van der Waals surface area contributed by atoms with Crippen LogP contribution in [0.3, 0.4) is 0 Å². The Labute approximate surface area is 130 Å². The molecule has 112 valence electrons. The summed E-state index contributed by atoms with van der Waals surface area (Å²) in [6, 6.07) is 7.86. The molecule has 2 aliphatic heterocycles.